The van der Waals surface area contributed by atoms with Crippen molar-refractivity contribution in [3.8, 4) is 16.9 Å². The Morgan fingerprint density at radius 3 is 2.56 bits per heavy atom. The van der Waals surface area contributed by atoms with E-state index in [0.29, 0.717) is 11.3 Å². The average molecular weight is 249 g/mol. The quantitative estimate of drug-likeness (QED) is 0.843. The molecule has 0 aliphatic rings. The fourth-order valence-electron chi connectivity index (χ4n) is 1.73. The van der Waals surface area contributed by atoms with Gasteiger partial charge in [-0.2, -0.15) is 4.39 Å². The number of hydrogen-bond acceptors (Lipinski definition) is 2. The van der Waals surface area contributed by atoms with Crippen molar-refractivity contribution in [2.75, 3.05) is 12.3 Å². The van der Waals surface area contributed by atoms with E-state index in [9.17, 15) is 8.78 Å². The Morgan fingerprint density at radius 2 is 1.89 bits per heavy atom. The summed E-state index contributed by atoms with van der Waals surface area (Å²) in [7, 11) is 0. The largest absolute Gasteiger partial charge is 0.491 e. The highest BCUT2D eigenvalue weighted by molar-refractivity contribution is 5.68. The van der Waals surface area contributed by atoms with Crippen molar-refractivity contribution < 1.29 is 13.5 Å². The summed E-state index contributed by atoms with van der Waals surface area (Å²) in [6.45, 7) is 2.00. The van der Waals surface area contributed by atoms with Crippen LogP contribution in [0.1, 0.15) is 6.92 Å². The van der Waals surface area contributed by atoms with Crippen LogP contribution in [0.25, 0.3) is 11.1 Å². The van der Waals surface area contributed by atoms with Gasteiger partial charge < -0.3 is 10.5 Å². The molecule has 0 radical (unpaired) electrons. The molecule has 0 heterocycles. The molecule has 94 valence electrons. The molecule has 0 unspecified atom stereocenters. The van der Waals surface area contributed by atoms with Crippen LogP contribution in [0.2, 0.25) is 0 Å². The Morgan fingerprint density at radius 1 is 1.11 bits per heavy atom. The molecule has 0 aromatic heterocycles. The monoisotopic (exact) mass is 249 g/mol. The van der Waals surface area contributed by atoms with Gasteiger partial charge in [0.2, 0.25) is 5.82 Å². The first-order valence-electron chi connectivity index (χ1n) is 5.60. The highest BCUT2D eigenvalue weighted by Gasteiger charge is 2.15. The van der Waals surface area contributed by atoms with Gasteiger partial charge in [-0.15, -0.1) is 0 Å². The third-order valence-electron chi connectivity index (χ3n) is 2.54. The molecule has 0 aliphatic heterocycles. The lowest BCUT2D eigenvalue weighted by Gasteiger charge is -2.09. The Bertz CT molecular complexity index is 570. The van der Waals surface area contributed by atoms with E-state index in [2.05, 4.69) is 0 Å². The summed E-state index contributed by atoms with van der Waals surface area (Å²) in [6.07, 6.45) is 0. The van der Waals surface area contributed by atoms with Crippen LogP contribution in [0.3, 0.4) is 0 Å². The van der Waals surface area contributed by atoms with E-state index in [0.717, 1.165) is 0 Å². The summed E-state index contributed by atoms with van der Waals surface area (Å²) < 4.78 is 32.6. The number of halogens is 2. The molecular weight excluding hydrogens is 236 g/mol. The Labute approximate surface area is 104 Å². The minimum absolute atomic E-state index is 0.0809. The van der Waals surface area contributed by atoms with E-state index in [1.54, 1.807) is 31.2 Å². The first-order valence-corrected chi connectivity index (χ1v) is 5.60. The molecule has 0 atom stereocenters. The number of benzene rings is 2. The number of rotatable bonds is 3. The molecule has 0 bridgehead atoms. The van der Waals surface area contributed by atoms with Gasteiger partial charge in [0.1, 0.15) is 0 Å². The molecule has 2 aromatic rings. The van der Waals surface area contributed by atoms with Gasteiger partial charge in [-0.3, -0.25) is 0 Å². The molecule has 0 fully saturated rings. The number of nitrogens with two attached hydrogens (primary N) is 1. The first kappa shape index (κ1) is 12.4. The van der Waals surface area contributed by atoms with Gasteiger partial charge >= 0.3 is 0 Å². The van der Waals surface area contributed by atoms with Crippen LogP contribution < -0.4 is 10.5 Å². The fourth-order valence-corrected chi connectivity index (χ4v) is 1.73. The summed E-state index contributed by atoms with van der Waals surface area (Å²) >= 11 is 0. The predicted molar refractivity (Wildman–Crippen MR) is 67.4 cm³/mol. The summed E-state index contributed by atoms with van der Waals surface area (Å²) in [6, 6.07) is 9.55. The predicted octanol–water partition coefficient (Wildman–Crippen LogP) is 3.61. The van der Waals surface area contributed by atoms with E-state index < -0.39 is 11.6 Å². The molecule has 2 rings (SSSR count). The zero-order chi connectivity index (χ0) is 13.1. The lowest BCUT2D eigenvalue weighted by atomic mass is 10.0. The van der Waals surface area contributed by atoms with Crippen molar-refractivity contribution in [3.63, 3.8) is 0 Å². The topological polar surface area (TPSA) is 35.2 Å². The van der Waals surface area contributed by atoms with Gasteiger partial charge in [0.25, 0.3) is 0 Å². The smallest absolute Gasteiger partial charge is 0.201 e. The zero-order valence-electron chi connectivity index (χ0n) is 9.91. The minimum atomic E-state index is -0.975. The number of ether oxygens (including phenoxy) is 1. The van der Waals surface area contributed by atoms with Crippen molar-refractivity contribution in [2.24, 2.45) is 0 Å². The summed E-state index contributed by atoms with van der Waals surface area (Å²) in [5.74, 6) is -1.98. The zero-order valence-corrected chi connectivity index (χ0v) is 9.91. The molecule has 0 aliphatic carbocycles. The average Bonchev–Trinajstić information content (AvgIpc) is 2.35. The fraction of sp³-hybridized carbons (Fsp3) is 0.143. The minimum Gasteiger partial charge on any atom is -0.491 e. The van der Waals surface area contributed by atoms with Gasteiger partial charge in [0.15, 0.2) is 11.6 Å². The molecule has 0 spiro atoms. The molecule has 2 N–H and O–H groups in total. The van der Waals surface area contributed by atoms with Gasteiger partial charge in [-0.1, -0.05) is 12.1 Å². The van der Waals surface area contributed by atoms with Crippen molar-refractivity contribution in [1.29, 1.82) is 0 Å². The van der Waals surface area contributed by atoms with E-state index in [1.807, 2.05) is 0 Å². The highest BCUT2D eigenvalue weighted by Crippen LogP contribution is 2.30. The molecule has 0 amide bonds. The molecular formula is C14H13F2NO. The molecule has 4 heteroatoms. The molecule has 18 heavy (non-hydrogen) atoms. The van der Waals surface area contributed by atoms with Gasteiger partial charge in [0.05, 0.1) is 6.61 Å². The maximum Gasteiger partial charge on any atom is 0.201 e. The van der Waals surface area contributed by atoms with Crippen LogP contribution in [0, 0.1) is 11.6 Å². The summed E-state index contributed by atoms with van der Waals surface area (Å²) in [5, 5.41) is 0. The van der Waals surface area contributed by atoms with Gasteiger partial charge in [0, 0.05) is 11.3 Å². The Balaban J connectivity index is 2.50. The van der Waals surface area contributed by atoms with Crippen molar-refractivity contribution in [3.05, 3.63) is 48.0 Å². The molecule has 0 saturated carbocycles. The SMILES string of the molecule is CCOc1ccc(-c2cccc(N)c2)c(F)c1F. The van der Waals surface area contributed by atoms with E-state index >= 15 is 0 Å². The lowest BCUT2D eigenvalue weighted by molar-refractivity contribution is 0.314. The number of anilines is 1. The van der Waals surface area contributed by atoms with Crippen LogP contribution in [0.4, 0.5) is 14.5 Å². The molecule has 2 nitrogen and oxygen atoms in total. The lowest BCUT2D eigenvalue weighted by Crippen LogP contribution is -1.98. The third kappa shape index (κ3) is 2.27. The second-order valence-corrected chi connectivity index (χ2v) is 3.80. The van der Waals surface area contributed by atoms with Crippen LogP contribution in [-0.2, 0) is 0 Å². The van der Waals surface area contributed by atoms with E-state index in [4.69, 9.17) is 10.5 Å². The molecule has 0 saturated heterocycles. The standard InChI is InChI=1S/C14H13F2NO/c1-2-18-12-7-6-11(13(15)14(12)16)9-4-3-5-10(17)8-9/h3-8H,2,17H2,1H3. The van der Waals surface area contributed by atoms with Crippen LogP contribution in [-0.4, -0.2) is 6.61 Å². The van der Waals surface area contributed by atoms with E-state index in [1.165, 1.54) is 12.1 Å². The van der Waals surface area contributed by atoms with E-state index in [-0.39, 0.29) is 17.9 Å². The maximum absolute atomic E-state index is 13.9. The van der Waals surface area contributed by atoms with Crippen LogP contribution >= 0.6 is 0 Å². The molecule has 2 aromatic carbocycles. The second-order valence-electron chi connectivity index (χ2n) is 3.80. The first-order chi connectivity index (χ1) is 8.63. The third-order valence-corrected chi connectivity index (χ3v) is 2.54. The number of nitrogen functional groups attached to an aromatic ring is 1. The van der Waals surface area contributed by atoms with Crippen molar-refractivity contribution in [2.45, 2.75) is 6.92 Å². The van der Waals surface area contributed by atoms with Gasteiger partial charge in [-0.25, -0.2) is 4.39 Å². The highest BCUT2D eigenvalue weighted by atomic mass is 19.2. The Hall–Kier alpha value is -2.10. The number of hydrogen-bond donors (Lipinski definition) is 1. The second kappa shape index (κ2) is 5.04. The van der Waals surface area contributed by atoms with Crippen molar-refractivity contribution >= 4 is 5.69 Å². The van der Waals surface area contributed by atoms with Gasteiger partial charge in [-0.05, 0) is 36.8 Å². The Kier molecular flexibility index (Phi) is 3.46. The summed E-state index contributed by atoms with van der Waals surface area (Å²) in [4.78, 5) is 0. The van der Waals surface area contributed by atoms with Crippen LogP contribution in [0.5, 0.6) is 5.75 Å². The normalized spacial score (nSPS) is 10.4. The maximum atomic E-state index is 13.9. The van der Waals surface area contributed by atoms with Crippen molar-refractivity contribution in [1.82, 2.24) is 0 Å². The summed E-state index contributed by atoms with van der Waals surface area (Å²) in [5.41, 5.74) is 6.83. The van der Waals surface area contributed by atoms with Crippen LogP contribution in [0.15, 0.2) is 36.4 Å².